The SMILES string of the molecule is CCCNCC(c1ccccc1F)C1CCCCC1. The Morgan fingerprint density at radius 1 is 1.21 bits per heavy atom. The van der Waals surface area contributed by atoms with Gasteiger partial charge in [-0.25, -0.2) is 4.39 Å². The van der Waals surface area contributed by atoms with Gasteiger partial charge in [-0.05, 0) is 43.4 Å². The third kappa shape index (κ3) is 4.04. The van der Waals surface area contributed by atoms with Gasteiger partial charge in [-0.15, -0.1) is 0 Å². The molecule has 2 heteroatoms. The molecular weight excluding hydrogens is 237 g/mol. The minimum Gasteiger partial charge on any atom is -0.316 e. The molecule has 1 aromatic carbocycles. The lowest BCUT2D eigenvalue weighted by Gasteiger charge is -2.31. The van der Waals surface area contributed by atoms with Gasteiger partial charge in [-0.3, -0.25) is 0 Å². The molecule has 1 N–H and O–H groups in total. The van der Waals surface area contributed by atoms with Gasteiger partial charge in [-0.2, -0.15) is 0 Å². The van der Waals surface area contributed by atoms with Crippen LogP contribution in [0.2, 0.25) is 0 Å². The summed E-state index contributed by atoms with van der Waals surface area (Å²) in [6.07, 6.45) is 7.62. The van der Waals surface area contributed by atoms with E-state index in [1.807, 2.05) is 12.1 Å². The minimum atomic E-state index is -0.0311. The number of nitrogens with one attached hydrogen (secondary N) is 1. The smallest absolute Gasteiger partial charge is 0.126 e. The van der Waals surface area contributed by atoms with Gasteiger partial charge >= 0.3 is 0 Å². The molecular formula is C17H26FN. The average Bonchev–Trinajstić information content (AvgIpc) is 2.46. The van der Waals surface area contributed by atoms with Crippen LogP contribution in [-0.2, 0) is 0 Å². The van der Waals surface area contributed by atoms with E-state index in [0.717, 1.165) is 25.1 Å². The van der Waals surface area contributed by atoms with Crippen molar-refractivity contribution in [1.82, 2.24) is 5.32 Å². The predicted octanol–water partition coefficient (Wildman–Crippen LogP) is 4.49. The van der Waals surface area contributed by atoms with Crippen LogP contribution >= 0.6 is 0 Å². The van der Waals surface area contributed by atoms with Crippen LogP contribution in [0, 0.1) is 11.7 Å². The van der Waals surface area contributed by atoms with E-state index in [2.05, 4.69) is 12.2 Å². The second-order valence-electron chi connectivity index (χ2n) is 5.73. The first-order valence-corrected chi connectivity index (χ1v) is 7.78. The fourth-order valence-electron chi connectivity index (χ4n) is 3.28. The quantitative estimate of drug-likeness (QED) is 0.746. The molecule has 0 aromatic heterocycles. The first-order chi connectivity index (χ1) is 9.33. The third-order valence-corrected chi connectivity index (χ3v) is 4.31. The molecule has 1 aromatic rings. The molecule has 0 amide bonds. The zero-order chi connectivity index (χ0) is 13.5. The summed E-state index contributed by atoms with van der Waals surface area (Å²) in [7, 11) is 0. The summed E-state index contributed by atoms with van der Waals surface area (Å²) in [4.78, 5) is 0. The second kappa shape index (κ2) is 7.64. The second-order valence-corrected chi connectivity index (χ2v) is 5.73. The van der Waals surface area contributed by atoms with Crippen molar-refractivity contribution in [2.75, 3.05) is 13.1 Å². The number of halogens is 1. The highest BCUT2D eigenvalue weighted by molar-refractivity contribution is 5.23. The number of hydrogen-bond acceptors (Lipinski definition) is 1. The van der Waals surface area contributed by atoms with Gasteiger partial charge in [0.2, 0.25) is 0 Å². The fraction of sp³-hybridized carbons (Fsp3) is 0.647. The van der Waals surface area contributed by atoms with Gasteiger partial charge in [0, 0.05) is 12.5 Å². The molecule has 106 valence electrons. The average molecular weight is 263 g/mol. The van der Waals surface area contributed by atoms with Crippen LogP contribution in [0.15, 0.2) is 24.3 Å². The topological polar surface area (TPSA) is 12.0 Å². The van der Waals surface area contributed by atoms with Crippen LogP contribution < -0.4 is 5.32 Å². The number of benzene rings is 1. The summed E-state index contributed by atoms with van der Waals surface area (Å²) in [6.45, 7) is 4.11. The van der Waals surface area contributed by atoms with E-state index in [-0.39, 0.29) is 5.82 Å². The van der Waals surface area contributed by atoms with E-state index in [1.165, 1.54) is 32.1 Å². The van der Waals surface area contributed by atoms with Crippen LogP contribution in [0.4, 0.5) is 4.39 Å². The fourth-order valence-corrected chi connectivity index (χ4v) is 3.28. The largest absolute Gasteiger partial charge is 0.316 e. The predicted molar refractivity (Wildman–Crippen MR) is 78.9 cm³/mol. The van der Waals surface area contributed by atoms with Crippen LogP contribution in [0.3, 0.4) is 0 Å². The van der Waals surface area contributed by atoms with Gasteiger partial charge in [-0.1, -0.05) is 44.4 Å². The molecule has 2 rings (SSSR count). The Bertz CT molecular complexity index is 371. The Labute approximate surface area is 116 Å². The van der Waals surface area contributed by atoms with Crippen molar-refractivity contribution in [3.63, 3.8) is 0 Å². The molecule has 1 aliphatic carbocycles. The Morgan fingerprint density at radius 3 is 2.63 bits per heavy atom. The molecule has 19 heavy (non-hydrogen) atoms. The van der Waals surface area contributed by atoms with Gasteiger partial charge in [0.15, 0.2) is 0 Å². The third-order valence-electron chi connectivity index (χ3n) is 4.31. The molecule has 0 spiro atoms. The van der Waals surface area contributed by atoms with Crippen LogP contribution in [-0.4, -0.2) is 13.1 Å². The van der Waals surface area contributed by atoms with Gasteiger partial charge in [0.05, 0.1) is 0 Å². The summed E-state index contributed by atoms with van der Waals surface area (Å²) in [5.74, 6) is 0.958. The van der Waals surface area contributed by atoms with Gasteiger partial charge in [0.1, 0.15) is 5.82 Å². The summed E-state index contributed by atoms with van der Waals surface area (Å²) in [5.41, 5.74) is 0.915. The lowest BCUT2D eigenvalue weighted by molar-refractivity contribution is 0.292. The summed E-state index contributed by atoms with van der Waals surface area (Å²) in [6, 6.07) is 7.33. The van der Waals surface area contributed by atoms with Crippen LogP contribution in [0.25, 0.3) is 0 Å². The van der Waals surface area contributed by atoms with Crippen LogP contribution in [0.1, 0.15) is 56.9 Å². The zero-order valence-electron chi connectivity index (χ0n) is 12.0. The van der Waals surface area contributed by atoms with E-state index in [1.54, 1.807) is 12.1 Å². The highest BCUT2D eigenvalue weighted by Gasteiger charge is 2.26. The van der Waals surface area contributed by atoms with E-state index >= 15 is 0 Å². The summed E-state index contributed by atoms with van der Waals surface area (Å²) < 4.78 is 14.1. The van der Waals surface area contributed by atoms with E-state index < -0.39 is 0 Å². The Morgan fingerprint density at radius 2 is 1.95 bits per heavy atom. The lowest BCUT2D eigenvalue weighted by Crippen LogP contribution is -2.29. The number of hydrogen-bond donors (Lipinski definition) is 1. The molecule has 0 bridgehead atoms. The summed E-state index contributed by atoms with van der Waals surface area (Å²) in [5, 5.41) is 3.49. The van der Waals surface area contributed by atoms with Gasteiger partial charge in [0.25, 0.3) is 0 Å². The van der Waals surface area contributed by atoms with Gasteiger partial charge < -0.3 is 5.32 Å². The number of rotatable bonds is 6. The van der Waals surface area contributed by atoms with Crippen molar-refractivity contribution in [1.29, 1.82) is 0 Å². The first kappa shape index (κ1) is 14.5. The zero-order valence-corrected chi connectivity index (χ0v) is 12.0. The standard InChI is InChI=1S/C17H26FN/c1-2-12-19-13-16(14-8-4-3-5-9-14)15-10-6-7-11-17(15)18/h6-7,10-11,14,16,19H,2-5,8-9,12-13H2,1H3. The molecule has 1 fully saturated rings. The Balaban J connectivity index is 2.10. The maximum atomic E-state index is 14.1. The Hall–Kier alpha value is -0.890. The first-order valence-electron chi connectivity index (χ1n) is 7.78. The highest BCUT2D eigenvalue weighted by atomic mass is 19.1. The Kier molecular flexibility index (Phi) is 5.84. The molecule has 1 saturated carbocycles. The summed E-state index contributed by atoms with van der Waals surface area (Å²) >= 11 is 0. The molecule has 0 radical (unpaired) electrons. The molecule has 1 atom stereocenters. The van der Waals surface area contributed by atoms with Crippen molar-refractivity contribution in [3.05, 3.63) is 35.6 Å². The van der Waals surface area contributed by atoms with Crippen molar-refractivity contribution < 1.29 is 4.39 Å². The van der Waals surface area contributed by atoms with E-state index in [4.69, 9.17) is 0 Å². The highest BCUT2D eigenvalue weighted by Crippen LogP contribution is 2.36. The normalized spacial score (nSPS) is 18.4. The maximum absolute atomic E-state index is 14.1. The molecule has 1 unspecified atom stereocenters. The molecule has 0 heterocycles. The van der Waals surface area contributed by atoms with Crippen LogP contribution in [0.5, 0.6) is 0 Å². The molecule has 0 aliphatic heterocycles. The van der Waals surface area contributed by atoms with E-state index in [0.29, 0.717) is 11.8 Å². The molecule has 1 aliphatic rings. The molecule has 0 saturated heterocycles. The monoisotopic (exact) mass is 263 g/mol. The van der Waals surface area contributed by atoms with Crippen molar-refractivity contribution in [2.24, 2.45) is 5.92 Å². The van der Waals surface area contributed by atoms with E-state index in [9.17, 15) is 4.39 Å². The lowest BCUT2D eigenvalue weighted by atomic mass is 9.76. The van der Waals surface area contributed by atoms with Crippen molar-refractivity contribution in [3.8, 4) is 0 Å². The maximum Gasteiger partial charge on any atom is 0.126 e. The van der Waals surface area contributed by atoms with Crippen molar-refractivity contribution in [2.45, 2.75) is 51.4 Å². The minimum absolute atomic E-state index is 0.0311. The molecule has 1 nitrogen and oxygen atoms in total. The van der Waals surface area contributed by atoms with Crippen molar-refractivity contribution >= 4 is 0 Å².